The molecule has 2 aliphatic carbocycles. The molecule has 2 aliphatic heterocycles. The maximum absolute atomic E-state index is 13.7. The largest absolute Gasteiger partial charge is 0.502 e. The molecule has 0 aromatic carbocycles. The van der Waals surface area contributed by atoms with E-state index in [2.05, 4.69) is 0 Å². The Balaban J connectivity index is 1.52. The van der Waals surface area contributed by atoms with Crippen LogP contribution in [0.3, 0.4) is 0 Å². The average molecular weight is 452 g/mol. The van der Waals surface area contributed by atoms with Gasteiger partial charge in [0.25, 0.3) is 17.4 Å². The lowest BCUT2D eigenvalue weighted by molar-refractivity contribution is 0.0501. The SMILES string of the molecule is CN1C(=O)c2c3c(c(O)c(=O)n2C12CCCC2)C(=O)N(CC1CCC(F)C(Cl)C1)CC3. The number of alkyl halides is 2. The maximum Gasteiger partial charge on any atom is 0.296 e. The Labute approximate surface area is 184 Å². The molecule has 0 bridgehead atoms. The molecule has 7 nitrogen and oxygen atoms in total. The number of aromatic hydroxyl groups is 1. The summed E-state index contributed by atoms with van der Waals surface area (Å²) in [5.41, 5.74) is -0.713. The smallest absolute Gasteiger partial charge is 0.296 e. The number of rotatable bonds is 2. The van der Waals surface area contributed by atoms with Crippen molar-refractivity contribution in [3.8, 4) is 5.75 Å². The summed E-state index contributed by atoms with van der Waals surface area (Å²) in [4.78, 5) is 42.9. The molecule has 2 amide bonds. The van der Waals surface area contributed by atoms with E-state index in [1.807, 2.05) is 0 Å². The molecule has 9 heteroatoms. The van der Waals surface area contributed by atoms with Crippen molar-refractivity contribution >= 4 is 23.4 Å². The van der Waals surface area contributed by atoms with Gasteiger partial charge in [-0.2, -0.15) is 0 Å². The molecule has 3 heterocycles. The van der Waals surface area contributed by atoms with Crippen molar-refractivity contribution in [2.45, 2.75) is 68.6 Å². The number of hydrogen-bond acceptors (Lipinski definition) is 4. The van der Waals surface area contributed by atoms with Crippen LogP contribution in [-0.2, 0) is 12.1 Å². The van der Waals surface area contributed by atoms with Crippen LogP contribution in [0.1, 0.15) is 71.4 Å². The molecule has 3 unspecified atom stereocenters. The zero-order chi connectivity index (χ0) is 22.1. The fourth-order valence-corrected chi connectivity index (χ4v) is 6.50. The van der Waals surface area contributed by atoms with Crippen molar-refractivity contribution < 1.29 is 19.1 Å². The van der Waals surface area contributed by atoms with Crippen molar-refractivity contribution in [3.05, 3.63) is 27.2 Å². The summed E-state index contributed by atoms with van der Waals surface area (Å²) in [5.74, 6) is -1.18. The van der Waals surface area contributed by atoms with Gasteiger partial charge in [-0.1, -0.05) is 0 Å². The van der Waals surface area contributed by atoms with Crippen molar-refractivity contribution in [1.82, 2.24) is 14.4 Å². The standard InChI is InChI=1S/C22H27ClFN3O4/c1-25-20(30)17-13-6-9-26(11-12-4-5-15(24)14(23)10-12)19(29)16(13)18(28)21(31)27(17)22(25)7-2-3-8-22/h12,14-15,28H,2-11H2,1H3. The number of halogens is 2. The summed E-state index contributed by atoms with van der Waals surface area (Å²) in [6.45, 7) is 0.798. The number of hydrogen-bond donors (Lipinski definition) is 1. The fraction of sp³-hybridized carbons (Fsp3) is 0.682. The third kappa shape index (κ3) is 2.86. The van der Waals surface area contributed by atoms with E-state index in [9.17, 15) is 23.9 Å². The average Bonchev–Trinajstić information content (AvgIpc) is 3.31. The lowest BCUT2D eigenvalue weighted by Gasteiger charge is -2.36. The number of carbonyl (C=O) groups is 2. The Hall–Kier alpha value is -2.09. The van der Waals surface area contributed by atoms with Crippen LogP contribution in [0.15, 0.2) is 4.79 Å². The summed E-state index contributed by atoms with van der Waals surface area (Å²) in [5, 5.41) is 10.3. The highest BCUT2D eigenvalue weighted by Gasteiger charge is 2.53. The van der Waals surface area contributed by atoms with Gasteiger partial charge in [0.2, 0.25) is 0 Å². The second kappa shape index (κ2) is 7.22. The summed E-state index contributed by atoms with van der Waals surface area (Å²) in [6, 6.07) is 0. The van der Waals surface area contributed by atoms with E-state index in [0.29, 0.717) is 57.2 Å². The van der Waals surface area contributed by atoms with Gasteiger partial charge >= 0.3 is 0 Å². The number of nitrogens with zero attached hydrogens (tertiary/aromatic N) is 3. The van der Waals surface area contributed by atoms with Gasteiger partial charge in [0.15, 0.2) is 5.75 Å². The van der Waals surface area contributed by atoms with E-state index in [4.69, 9.17) is 11.6 Å². The molecule has 2 fully saturated rings. The molecule has 1 N–H and O–H groups in total. The van der Waals surface area contributed by atoms with Crippen molar-refractivity contribution in [2.75, 3.05) is 20.1 Å². The lowest BCUT2D eigenvalue weighted by atomic mass is 9.86. The molecule has 168 valence electrons. The molecule has 3 atom stereocenters. The van der Waals surface area contributed by atoms with Gasteiger partial charge in [0.05, 0.1) is 10.9 Å². The maximum atomic E-state index is 13.7. The highest BCUT2D eigenvalue weighted by molar-refractivity contribution is 6.21. The van der Waals surface area contributed by atoms with E-state index in [1.54, 1.807) is 16.8 Å². The monoisotopic (exact) mass is 451 g/mol. The third-order valence-corrected chi connectivity index (χ3v) is 8.27. The zero-order valence-electron chi connectivity index (χ0n) is 17.6. The van der Waals surface area contributed by atoms with E-state index in [0.717, 1.165) is 12.8 Å². The second-order valence-corrected chi connectivity index (χ2v) is 10.0. The van der Waals surface area contributed by atoms with Gasteiger partial charge in [-0.3, -0.25) is 19.0 Å². The minimum atomic E-state index is -1.02. The zero-order valence-corrected chi connectivity index (χ0v) is 18.3. The topological polar surface area (TPSA) is 82.9 Å². The molecule has 2 saturated carbocycles. The molecule has 5 rings (SSSR count). The number of amides is 2. The van der Waals surface area contributed by atoms with E-state index in [-0.39, 0.29) is 23.1 Å². The van der Waals surface area contributed by atoms with Crippen LogP contribution in [0.5, 0.6) is 5.75 Å². The van der Waals surface area contributed by atoms with E-state index in [1.165, 1.54) is 4.57 Å². The Morgan fingerprint density at radius 1 is 1.16 bits per heavy atom. The molecule has 4 aliphatic rings. The minimum Gasteiger partial charge on any atom is -0.502 e. The number of aromatic nitrogens is 1. The van der Waals surface area contributed by atoms with Crippen molar-refractivity contribution in [1.29, 1.82) is 0 Å². The Morgan fingerprint density at radius 3 is 2.55 bits per heavy atom. The van der Waals surface area contributed by atoms with Crippen LogP contribution in [0.25, 0.3) is 0 Å². The quantitative estimate of drug-likeness (QED) is 0.701. The van der Waals surface area contributed by atoms with Gasteiger partial charge < -0.3 is 14.9 Å². The van der Waals surface area contributed by atoms with E-state index < -0.39 is 34.4 Å². The summed E-state index contributed by atoms with van der Waals surface area (Å²) in [7, 11) is 1.70. The van der Waals surface area contributed by atoms with Crippen LogP contribution < -0.4 is 5.56 Å². The van der Waals surface area contributed by atoms with Crippen LogP contribution in [0.4, 0.5) is 4.39 Å². The molecule has 31 heavy (non-hydrogen) atoms. The fourth-order valence-electron chi connectivity index (χ4n) is 6.12. The van der Waals surface area contributed by atoms with Crippen molar-refractivity contribution in [2.24, 2.45) is 5.92 Å². The second-order valence-electron chi connectivity index (χ2n) is 9.46. The normalized spacial score (nSPS) is 29.6. The van der Waals surface area contributed by atoms with Gasteiger partial charge in [-0.25, -0.2) is 4.39 Å². The summed E-state index contributed by atoms with van der Waals surface area (Å²) in [6.07, 6.45) is 4.01. The van der Waals surface area contributed by atoms with Gasteiger partial charge in [0.1, 0.15) is 17.5 Å². The predicted octanol–water partition coefficient (Wildman–Crippen LogP) is 2.61. The minimum absolute atomic E-state index is 0.0408. The molecule has 0 saturated heterocycles. The molecule has 1 spiro atoms. The Bertz CT molecular complexity index is 1020. The van der Waals surface area contributed by atoms with Crippen LogP contribution in [0, 0.1) is 5.92 Å². The van der Waals surface area contributed by atoms with Crippen LogP contribution in [-0.4, -0.2) is 63.0 Å². The summed E-state index contributed by atoms with van der Waals surface area (Å²) < 4.78 is 15.2. The predicted molar refractivity (Wildman–Crippen MR) is 112 cm³/mol. The number of carbonyl (C=O) groups excluding carboxylic acids is 2. The molecule has 1 aromatic rings. The van der Waals surface area contributed by atoms with Crippen LogP contribution in [0.2, 0.25) is 0 Å². The Morgan fingerprint density at radius 2 is 1.87 bits per heavy atom. The van der Waals surface area contributed by atoms with Crippen molar-refractivity contribution in [3.63, 3.8) is 0 Å². The number of pyridine rings is 1. The first-order valence-electron chi connectivity index (χ1n) is 11.1. The molecule has 0 radical (unpaired) electrons. The molecular weight excluding hydrogens is 425 g/mol. The lowest BCUT2D eigenvalue weighted by Crippen LogP contribution is -2.47. The first kappa shape index (κ1) is 20.8. The summed E-state index contributed by atoms with van der Waals surface area (Å²) >= 11 is 6.09. The molecule has 1 aromatic heterocycles. The van der Waals surface area contributed by atoms with Gasteiger partial charge in [-0.15, -0.1) is 11.6 Å². The molecular formula is C22H27ClFN3O4. The third-order valence-electron chi connectivity index (χ3n) is 7.82. The van der Waals surface area contributed by atoms with Gasteiger partial charge in [-0.05, 0) is 57.3 Å². The first-order chi connectivity index (χ1) is 14.8. The van der Waals surface area contributed by atoms with Gasteiger partial charge in [0, 0.05) is 25.7 Å². The Kier molecular flexibility index (Phi) is 4.84. The highest BCUT2D eigenvalue weighted by Crippen LogP contribution is 2.46. The number of fused-ring (bicyclic) bond motifs is 4. The van der Waals surface area contributed by atoms with Crippen LogP contribution >= 0.6 is 11.6 Å². The first-order valence-corrected chi connectivity index (χ1v) is 11.6. The highest BCUT2D eigenvalue weighted by atomic mass is 35.5. The van der Waals surface area contributed by atoms with E-state index >= 15 is 0 Å².